The minimum Gasteiger partial charge on any atom is -0.482 e. The molecule has 1 atom stereocenters. The van der Waals surface area contributed by atoms with Crippen molar-refractivity contribution in [3.8, 4) is 5.75 Å². The molecule has 0 bridgehead atoms. The number of anilines is 1. The number of carbonyl (C=O) groups excluding carboxylic acids is 1. The van der Waals surface area contributed by atoms with Gasteiger partial charge in [0.25, 0.3) is 5.91 Å². The van der Waals surface area contributed by atoms with Crippen LogP contribution in [-0.4, -0.2) is 17.6 Å². The Balaban J connectivity index is 1.96. The van der Waals surface area contributed by atoms with Crippen LogP contribution >= 0.6 is 31.9 Å². The number of nitrogens with one attached hydrogen (secondary N) is 1. The van der Waals surface area contributed by atoms with E-state index in [9.17, 15) is 9.90 Å². The van der Waals surface area contributed by atoms with Crippen LogP contribution < -0.4 is 10.1 Å². The summed E-state index contributed by atoms with van der Waals surface area (Å²) in [6.45, 7) is 0.0213. The standard InChI is InChI=1S/C15H11Br2NO3/c16-10-3-9(4-11(17)6-10)15(20)8-1-2-13-12(5-8)18-14(19)7-21-13/h1-6,15,20H,7H2,(H,18,19). The molecular weight excluding hydrogens is 402 g/mol. The lowest BCUT2D eigenvalue weighted by atomic mass is 10.0. The number of carbonyl (C=O) groups is 1. The molecule has 2 aromatic rings. The second-order valence-corrected chi connectivity index (χ2v) is 6.53. The van der Waals surface area contributed by atoms with Crippen molar-refractivity contribution >= 4 is 43.5 Å². The lowest BCUT2D eigenvalue weighted by Crippen LogP contribution is -2.25. The van der Waals surface area contributed by atoms with E-state index in [2.05, 4.69) is 37.2 Å². The van der Waals surface area contributed by atoms with E-state index in [0.717, 1.165) is 14.5 Å². The Morgan fingerprint density at radius 3 is 2.52 bits per heavy atom. The van der Waals surface area contributed by atoms with Gasteiger partial charge in [-0.15, -0.1) is 0 Å². The zero-order chi connectivity index (χ0) is 15.0. The molecule has 0 spiro atoms. The Labute approximate surface area is 138 Å². The van der Waals surface area contributed by atoms with E-state index in [-0.39, 0.29) is 12.5 Å². The molecule has 1 heterocycles. The zero-order valence-electron chi connectivity index (χ0n) is 10.8. The predicted octanol–water partition coefficient (Wildman–Crippen LogP) is 3.62. The highest BCUT2D eigenvalue weighted by Crippen LogP contribution is 2.34. The van der Waals surface area contributed by atoms with Gasteiger partial charge in [-0.3, -0.25) is 4.79 Å². The monoisotopic (exact) mass is 411 g/mol. The summed E-state index contributed by atoms with van der Waals surface area (Å²) < 4.78 is 7.06. The molecule has 1 unspecified atom stereocenters. The summed E-state index contributed by atoms with van der Waals surface area (Å²) in [5.74, 6) is 0.417. The Morgan fingerprint density at radius 2 is 1.81 bits per heavy atom. The summed E-state index contributed by atoms with van der Waals surface area (Å²) in [6, 6.07) is 10.9. The average molecular weight is 413 g/mol. The van der Waals surface area contributed by atoms with Crippen LogP contribution in [0.25, 0.3) is 0 Å². The molecule has 3 rings (SSSR count). The van der Waals surface area contributed by atoms with Gasteiger partial charge >= 0.3 is 0 Å². The molecule has 1 amide bonds. The van der Waals surface area contributed by atoms with Crippen molar-refractivity contribution in [2.75, 3.05) is 11.9 Å². The third-order valence-corrected chi connectivity index (χ3v) is 4.07. The van der Waals surface area contributed by atoms with E-state index < -0.39 is 6.10 Å². The molecule has 0 aromatic heterocycles. The minimum absolute atomic E-state index is 0.0213. The lowest BCUT2D eigenvalue weighted by Gasteiger charge is -2.20. The van der Waals surface area contributed by atoms with Crippen LogP contribution in [0.5, 0.6) is 5.75 Å². The third-order valence-electron chi connectivity index (χ3n) is 3.15. The first-order valence-corrected chi connectivity index (χ1v) is 7.82. The highest BCUT2D eigenvalue weighted by molar-refractivity contribution is 9.11. The van der Waals surface area contributed by atoms with E-state index in [0.29, 0.717) is 17.0 Å². The van der Waals surface area contributed by atoms with Gasteiger partial charge in [0.15, 0.2) is 6.61 Å². The second-order valence-electron chi connectivity index (χ2n) is 4.70. The van der Waals surface area contributed by atoms with Gasteiger partial charge in [0.2, 0.25) is 0 Å². The normalized spacial score (nSPS) is 14.9. The van der Waals surface area contributed by atoms with Crippen LogP contribution in [0.2, 0.25) is 0 Å². The first-order valence-electron chi connectivity index (χ1n) is 6.23. The summed E-state index contributed by atoms with van der Waals surface area (Å²) in [7, 11) is 0. The van der Waals surface area contributed by atoms with Crippen LogP contribution in [0.3, 0.4) is 0 Å². The van der Waals surface area contributed by atoms with Gasteiger partial charge in [-0.1, -0.05) is 37.9 Å². The molecule has 0 saturated carbocycles. The number of hydrogen-bond acceptors (Lipinski definition) is 3. The van der Waals surface area contributed by atoms with Gasteiger partial charge in [0.1, 0.15) is 11.9 Å². The van der Waals surface area contributed by atoms with Gasteiger partial charge in [-0.05, 0) is 41.5 Å². The molecule has 21 heavy (non-hydrogen) atoms. The summed E-state index contributed by atoms with van der Waals surface area (Å²) in [5, 5.41) is 13.2. The maximum atomic E-state index is 11.4. The number of halogens is 2. The highest BCUT2D eigenvalue weighted by atomic mass is 79.9. The Bertz CT molecular complexity index is 698. The van der Waals surface area contributed by atoms with E-state index in [4.69, 9.17) is 4.74 Å². The average Bonchev–Trinajstić information content (AvgIpc) is 2.44. The van der Waals surface area contributed by atoms with Crippen LogP contribution in [0, 0.1) is 0 Å². The first-order chi connectivity index (χ1) is 10.0. The van der Waals surface area contributed by atoms with Crippen molar-refractivity contribution < 1.29 is 14.6 Å². The van der Waals surface area contributed by atoms with E-state index >= 15 is 0 Å². The van der Waals surface area contributed by atoms with Crippen molar-refractivity contribution in [1.82, 2.24) is 0 Å². The fraction of sp³-hybridized carbons (Fsp3) is 0.133. The quantitative estimate of drug-likeness (QED) is 0.791. The molecule has 1 aliphatic rings. The maximum Gasteiger partial charge on any atom is 0.262 e. The van der Waals surface area contributed by atoms with Gasteiger partial charge < -0.3 is 15.2 Å². The molecule has 6 heteroatoms. The molecule has 2 aromatic carbocycles. The van der Waals surface area contributed by atoms with Crippen LogP contribution in [-0.2, 0) is 4.79 Å². The molecule has 108 valence electrons. The first kappa shape index (κ1) is 14.6. The van der Waals surface area contributed by atoms with E-state index in [1.807, 2.05) is 18.2 Å². The van der Waals surface area contributed by atoms with Crippen LogP contribution in [0.1, 0.15) is 17.2 Å². The second kappa shape index (κ2) is 5.79. The summed E-state index contributed by atoms with van der Waals surface area (Å²) in [5.41, 5.74) is 2.01. The molecule has 4 nitrogen and oxygen atoms in total. The predicted molar refractivity (Wildman–Crippen MR) is 86.5 cm³/mol. The fourth-order valence-corrected chi connectivity index (χ4v) is 3.53. The van der Waals surface area contributed by atoms with Crippen molar-refractivity contribution in [1.29, 1.82) is 0 Å². The molecule has 0 radical (unpaired) electrons. The molecule has 0 aliphatic carbocycles. The number of aliphatic hydroxyl groups excluding tert-OH is 1. The van der Waals surface area contributed by atoms with E-state index in [1.54, 1.807) is 18.2 Å². The number of fused-ring (bicyclic) bond motifs is 1. The Hall–Kier alpha value is -1.37. The molecule has 1 aliphatic heterocycles. The number of ether oxygens (including phenoxy) is 1. The third kappa shape index (κ3) is 3.12. The number of amides is 1. The SMILES string of the molecule is O=C1COc2ccc(C(O)c3cc(Br)cc(Br)c3)cc2N1. The lowest BCUT2D eigenvalue weighted by molar-refractivity contribution is -0.118. The molecule has 2 N–H and O–H groups in total. The minimum atomic E-state index is -0.789. The zero-order valence-corrected chi connectivity index (χ0v) is 13.9. The molecule has 0 saturated heterocycles. The van der Waals surface area contributed by atoms with Crippen molar-refractivity contribution in [3.05, 3.63) is 56.5 Å². The number of benzene rings is 2. The van der Waals surface area contributed by atoms with Crippen LogP contribution in [0.4, 0.5) is 5.69 Å². The number of rotatable bonds is 2. The maximum absolute atomic E-state index is 11.4. The van der Waals surface area contributed by atoms with Crippen LogP contribution in [0.15, 0.2) is 45.3 Å². The molecular formula is C15H11Br2NO3. The fourth-order valence-electron chi connectivity index (χ4n) is 2.20. The smallest absolute Gasteiger partial charge is 0.262 e. The number of aliphatic hydroxyl groups is 1. The Morgan fingerprint density at radius 1 is 1.10 bits per heavy atom. The topological polar surface area (TPSA) is 58.6 Å². The van der Waals surface area contributed by atoms with Gasteiger partial charge in [-0.2, -0.15) is 0 Å². The summed E-state index contributed by atoms with van der Waals surface area (Å²) in [4.78, 5) is 11.4. The van der Waals surface area contributed by atoms with Gasteiger partial charge in [-0.25, -0.2) is 0 Å². The largest absolute Gasteiger partial charge is 0.482 e. The number of hydrogen-bond donors (Lipinski definition) is 2. The van der Waals surface area contributed by atoms with Gasteiger partial charge in [0, 0.05) is 8.95 Å². The Kier molecular flexibility index (Phi) is 4.01. The molecule has 0 fully saturated rings. The van der Waals surface area contributed by atoms with Crippen molar-refractivity contribution in [3.63, 3.8) is 0 Å². The highest BCUT2D eigenvalue weighted by Gasteiger charge is 2.19. The van der Waals surface area contributed by atoms with Crippen molar-refractivity contribution in [2.24, 2.45) is 0 Å². The van der Waals surface area contributed by atoms with E-state index in [1.165, 1.54) is 0 Å². The van der Waals surface area contributed by atoms with Crippen molar-refractivity contribution in [2.45, 2.75) is 6.10 Å². The van der Waals surface area contributed by atoms with Gasteiger partial charge in [0.05, 0.1) is 5.69 Å². The summed E-state index contributed by atoms with van der Waals surface area (Å²) in [6.07, 6.45) is -0.789. The summed E-state index contributed by atoms with van der Waals surface area (Å²) >= 11 is 6.81.